The number of phenolic OH excluding ortho intramolecular Hbond substituents is 1. The molecule has 0 aliphatic heterocycles. The normalized spacial score (nSPS) is 11.5. The van der Waals surface area contributed by atoms with Gasteiger partial charge in [0.1, 0.15) is 0 Å². The number of halogens is 1. The van der Waals surface area contributed by atoms with Crippen molar-refractivity contribution in [3.63, 3.8) is 0 Å². The SMILES string of the molecule is CC(C)(CO)c1cc([N+](=O)[O-])cc(F)c1O. The number of nitrogens with zero attached hydrogens (tertiary/aromatic N) is 1. The molecule has 0 saturated carbocycles. The Morgan fingerprint density at radius 2 is 2.06 bits per heavy atom. The van der Waals surface area contributed by atoms with Crippen molar-refractivity contribution in [3.05, 3.63) is 33.6 Å². The molecule has 5 nitrogen and oxygen atoms in total. The van der Waals surface area contributed by atoms with Crippen molar-refractivity contribution in [1.29, 1.82) is 0 Å². The lowest BCUT2D eigenvalue weighted by Crippen LogP contribution is -2.22. The molecule has 0 aromatic heterocycles. The Morgan fingerprint density at radius 3 is 2.50 bits per heavy atom. The fraction of sp³-hybridized carbons (Fsp3) is 0.400. The van der Waals surface area contributed by atoms with Crippen LogP contribution < -0.4 is 0 Å². The summed E-state index contributed by atoms with van der Waals surface area (Å²) < 4.78 is 13.2. The zero-order valence-electron chi connectivity index (χ0n) is 8.90. The molecule has 0 amide bonds. The number of aliphatic hydroxyl groups excluding tert-OH is 1. The minimum Gasteiger partial charge on any atom is -0.505 e. The highest BCUT2D eigenvalue weighted by Gasteiger charge is 2.28. The van der Waals surface area contributed by atoms with Gasteiger partial charge >= 0.3 is 0 Å². The summed E-state index contributed by atoms with van der Waals surface area (Å²) >= 11 is 0. The molecule has 16 heavy (non-hydrogen) atoms. The number of rotatable bonds is 3. The van der Waals surface area contributed by atoms with Crippen LogP contribution >= 0.6 is 0 Å². The van der Waals surface area contributed by atoms with E-state index in [2.05, 4.69) is 0 Å². The summed E-state index contributed by atoms with van der Waals surface area (Å²) in [6.45, 7) is 2.73. The standard InChI is InChI=1S/C10H12FNO4/c1-10(2,5-13)7-3-6(12(15)16)4-8(11)9(7)14/h3-4,13-14H,5H2,1-2H3. The Labute approximate surface area is 91.3 Å². The number of aliphatic hydroxyl groups is 1. The number of hydrogen-bond acceptors (Lipinski definition) is 4. The predicted molar refractivity (Wildman–Crippen MR) is 54.8 cm³/mol. The second kappa shape index (κ2) is 4.05. The molecule has 0 heterocycles. The van der Waals surface area contributed by atoms with Crippen LogP contribution in [0.5, 0.6) is 5.75 Å². The summed E-state index contributed by atoms with van der Waals surface area (Å²) in [7, 11) is 0. The molecule has 0 unspecified atom stereocenters. The molecule has 0 fully saturated rings. The van der Waals surface area contributed by atoms with E-state index < -0.39 is 27.6 Å². The summed E-state index contributed by atoms with van der Waals surface area (Å²) in [4.78, 5) is 9.78. The Bertz CT molecular complexity index is 431. The number of nitro groups is 1. The van der Waals surface area contributed by atoms with Crippen LogP contribution in [-0.4, -0.2) is 21.7 Å². The van der Waals surface area contributed by atoms with E-state index in [-0.39, 0.29) is 12.2 Å². The first-order valence-corrected chi connectivity index (χ1v) is 4.58. The van der Waals surface area contributed by atoms with Gasteiger partial charge in [-0.2, -0.15) is 0 Å². The van der Waals surface area contributed by atoms with E-state index in [1.54, 1.807) is 13.8 Å². The highest BCUT2D eigenvalue weighted by molar-refractivity contribution is 5.47. The van der Waals surface area contributed by atoms with Gasteiger partial charge in [-0.25, -0.2) is 4.39 Å². The van der Waals surface area contributed by atoms with E-state index in [1.807, 2.05) is 0 Å². The van der Waals surface area contributed by atoms with E-state index in [0.717, 1.165) is 6.07 Å². The summed E-state index contributed by atoms with van der Waals surface area (Å²) in [6, 6.07) is 1.71. The molecule has 88 valence electrons. The Morgan fingerprint density at radius 1 is 1.50 bits per heavy atom. The molecule has 0 aliphatic rings. The van der Waals surface area contributed by atoms with Gasteiger partial charge in [0.2, 0.25) is 0 Å². The number of phenols is 1. The van der Waals surface area contributed by atoms with Crippen LogP contribution in [0.3, 0.4) is 0 Å². The monoisotopic (exact) mass is 229 g/mol. The van der Waals surface area contributed by atoms with E-state index in [1.165, 1.54) is 0 Å². The van der Waals surface area contributed by atoms with Crippen molar-refractivity contribution < 1.29 is 19.5 Å². The smallest absolute Gasteiger partial charge is 0.272 e. The van der Waals surface area contributed by atoms with E-state index in [0.29, 0.717) is 6.07 Å². The first-order valence-electron chi connectivity index (χ1n) is 4.58. The van der Waals surface area contributed by atoms with Gasteiger partial charge in [0.25, 0.3) is 5.69 Å². The molecule has 1 aromatic rings. The van der Waals surface area contributed by atoms with Crippen LogP contribution in [0.15, 0.2) is 12.1 Å². The van der Waals surface area contributed by atoms with Crippen LogP contribution in [0.1, 0.15) is 19.4 Å². The van der Waals surface area contributed by atoms with Gasteiger partial charge in [-0.3, -0.25) is 10.1 Å². The molecular formula is C10H12FNO4. The molecule has 0 spiro atoms. The van der Waals surface area contributed by atoms with E-state index in [9.17, 15) is 19.6 Å². The summed E-state index contributed by atoms with van der Waals surface area (Å²) in [6.07, 6.45) is 0. The van der Waals surface area contributed by atoms with Gasteiger partial charge in [-0.15, -0.1) is 0 Å². The topological polar surface area (TPSA) is 83.6 Å². The zero-order chi connectivity index (χ0) is 12.5. The van der Waals surface area contributed by atoms with Gasteiger partial charge in [0.15, 0.2) is 11.6 Å². The summed E-state index contributed by atoms with van der Waals surface area (Å²) in [5, 5.41) is 29.1. The highest BCUT2D eigenvalue weighted by Crippen LogP contribution is 2.35. The molecule has 0 saturated heterocycles. The van der Waals surface area contributed by atoms with E-state index in [4.69, 9.17) is 5.11 Å². The zero-order valence-corrected chi connectivity index (χ0v) is 8.90. The fourth-order valence-corrected chi connectivity index (χ4v) is 1.29. The number of benzene rings is 1. The van der Waals surface area contributed by atoms with Gasteiger partial charge < -0.3 is 10.2 Å². The van der Waals surface area contributed by atoms with Crippen molar-refractivity contribution in [2.24, 2.45) is 0 Å². The molecule has 0 atom stereocenters. The predicted octanol–water partition coefficient (Wildman–Crippen LogP) is 1.71. The van der Waals surface area contributed by atoms with Crippen molar-refractivity contribution in [3.8, 4) is 5.75 Å². The lowest BCUT2D eigenvalue weighted by atomic mass is 9.84. The Hall–Kier alpha value is -1.69. The maximum atomic E-state index is 13.2. The molecule has 0 aliphatic carbocycles. The van der Waals surface area contributed by atoms with Crippen molar-refractivity contribution >= 4 is 5.69 Å². The van der Waals surface area contributed by atoms with Crippen molar-refractivity contribution in [1.82, 2.24) is 0 Å². The maximum Gasteiger partial charge on any atom is 0.272 e. The molecule has 6 heteroatoms. The third-order valence-corrected chi connectivity index (χ3v) is 2.38. The van der Waals surface area contributed by atoms with Gasteiger partial charge in [-0.1, -0.05) is 13.8 Å². The minimum atomic E-state index is -1.06. The Balaban J connectivity index is 3.44. The third kappa shape index (κ3) is 2.11. The lowest BCUT2D eigenvalue weighted by molar-refractivity contribution is -0.385. The summed E-state index contributed by atoms with van der Waals surface area (Å²) in [5.74, 6) is -1.73. The molecule has 0 bridgehead atoms. The number of aromatic hydroxyl groups is 1. The maximum absolute atomic E-state index is 13.2. The molecule has 2 N–H and O–H groups in total. The first-order chi connectivity index (χ1) is 7.29. The van der Waals surface area contributed by atoms with Crippen molar-refractivity contribution in [2.45, 2.75) is 19.3 Å². The number of hydrogen-bond donors (Lipinski definition) is 2. The largest absolute Gasteiger partial charge is 0.505 e. The Kier molecular flexibility index (Phi) is 3.14. The van der Waals surface area contributed by atoms with Gasteiger partial charge in [0.05, 0.1) is 17.6 Å². The second-order valence-corrected chi connectivity index (χ2v) is 4.12. The fourth-order valence-electron chi connectivity index (χ4n) is 1.29. The van der Waals surface area contributed by atoms with Gasteiger partial charge in [-0.05, 0) is 0 Å². The minimum absolute atomic E-state index is 0.0155. The second-order valence-electron chi connectivity index (χ2n) is 4.12. The van der Waals surface area contributed by atoms with Crippen LogP contribution in [0.2, 0.25) is 0 Å². The molecule has 0 radical (unpaired) electrons. The van der Waals surface area contributed by atoms with Gasteiger partial charge in [0, 0.05) is 17.0 Å². The van der Waals surface area contributed by atoms with Crippen molar-refractivity contribution in [2.75, 3.05) is 6.61 Å². The number of non-ortho nitro benzene ring substituents is 1. The molecule has 1 aromatic carbocycles. The molecular weight excluding hydrogens is 217 g/mol. The molecule has 1 rings (SSSR count). The number of nitro benzene ring substituents is 1. The van der Waals surface area contributed by atoms with Crippen LogP contribution in [0.4, 0.5) is 10.1 Å². The van der Waals surface area contributed by atoms with Crippen LogP contribution in [0.25, 0.3) is 0 Å². The van der Waals surface area contributed by atoms with Crippen LogP contribution in [0, 0.1) is 15.9 Å². The average Bonchev–Trinajstić information content (AvgIpc) is 2.21. The first kappa shape index (κ1) is 12.4. The van der Waals surface area contributed by atoms with E-state index >= 15 is 0 Å². The lowest BCUT2D eigenvalue weighted by Gasteiger charge is -2.23. The third-order valence-electron chi connectivity index (χ3n) is 2.38. The van der Waals surface area contributed by atoms with Crippen LogP contribution in [-0.2, 0) is 5.41 Å². The summed E-state index contributed by atoms with van der Waals surface area (Å²) in [5.41, 5.74) is -1.38. The quantitative estimate of drug-likeness (QED) is 0.610. The highest BCUT2D eigenvalue weighted by atomic mass is 19.1. The average molecular weight is 229 g/mol.